The van der Waals surface area contributed by atoms with Gasteiger partial charge in [-0.25, -0.2) is 0 Å². The van der Waals surface area contributed by atoms with Crippen molar-refractivity contribution in [2.24, 2.45) is 23.2 Å². The molecule has 0 saturated heterocycles. The summed E-state index contributed by atoms with van der Waals surface area (Å²) >= 11 is 0. The summed E-state index contributed by atoms with van der Waals surface area (Å²) in [6.45, 7) is 7.28. The second-order valence-electron chi connectivity index (χ2n) is 4.75. The zero-order valence-electron chi connectivity index (χ0n) is 8.06. The zero-order valence-corrected chi connectivity index (χ0v) is 8.06. The Morgan fingerprint density at radius 2 is 1.91 bits per heavy atom. The molecule has 0 nitrogen and oxygen atoms in total. The third-order valence-corrected chi connectivity index (χ3v) is 4.79. The fourth-order valence-electron chi connectivity index (χ4n) is 3.80. The fourth-order valence-corrected chi connectivity index (χ4v) is 3.80. The Hall–Kier alpha value is 0. The average molecular weight is 152 g/mol. The Labute approximate surface area is 70.4 Å². The minimum absolute atomic E-state index is 0.841. The minimum Gasteiger partial charge on any atom is -0.0651 e. The molecular weight excluding hydrogens is 132 g/mol. The summed E-state index contributed by atoms with van der Waals surface area (Å²) < 4.78 is 0. The van der Waals surface area contributed by atoms with Crippen molar-refractivity contribution in [1.82, 2.24) is 0 Å². The molecular formula is C11H20. The van der Waals surface area contributed by atoms with Crippen LogP contribution in [0.15, 0.2) is 0 Å². The molecule has 1 spiro atoms. The summed E-state index contributed by atoms with van der Waals surface area (Å²) in [6.07, 6.45) is 6.01. The third kappa shape index (κ3) is 0.711. The molecule has 2 aliphatic rings. The molecule has 0 amide bonds. The van der Waals surface area contributed by atoms with Crippen LogP contribution in [0.25, 0.3) is 0 Å². The highest BCUT2D eigenvalue weighted by atomic mass is 14.6. The van der Waals surface area contributed by atoms with E-state index in [4.69, 9.17) is 0 Å². The van der Waals surface area contributed by atoms with E-state index in [2.05, 4.69) is 20.8 Å². The molecule has 64 valence electrons. The van der Waals surface area contributed by atoms with E-state index in [-0.39, 0.29) is 0 Å². The van der Waals surface area contributed by atoms with Gasteiger partial charge < -0.3 is 0 Å². The maximum atomic E-state index is 2.47. The van der Waals surface area contributed by atoms with Crippen molar-refractivity contribution >= 4 is 0 Å². The summed E-state index contributed by atoms with van der Waals surface area (Å²) in [5.41, 5.74) is 0.841. The highest BCUT2D eigenvalue weighted by molar-refractivity contribution is 5.07. The largest absolute Gasteiger partial charge is 0.0651 e. The lowest BCUT2D eigenvalue weighted by atomic mass is 9.40. The Morgan fingerprint density at radius 3 is 2.18 bits per heavy atom. The molecule has 3 atom stereocenters. The quantitative estimate of drug-likeness (QED) is 0.539. The maximum Gasteiger partial charge on any atom is -0.0238 e. The average Bonchev–Trinajstić information content (AvgIpc) is 1.93. The van der Waals surface area contributed by atoms with E-state index in [1.165, 1.54) is 25.7 Å². The lowest BCUT2D eigenvalue weighted by molar-refractivity contribution is -0.161. The van der Waals surface area contributed by atoms with Gasteiger partial charge in [-0.15, -0.1) is 0 Å². The molecule has 2 fully saturated rings. The third-order valence-electron chi connectivity index (χ3n) is 4.79. The molecule has 0 heteroatoms. The van der Waals surface area contributed by atoms with E-state index in [0.29, 0.717) is 0 Å². The van der Waals surface area contributed by atoms with Gasteiger partial charge in [-0.2, -0.15) is 0 Å². The van der Waals surface area contributed by atoms with E-state index < -0.39 is 0 Å². The van der Waals surface area contributed by atoms with Crippen molar-refractivity contribution in [2.45, 2.75) is 46.5 Å². The molecule has 11 heavy (non-hydrogen) atoms. The van der Waals surface area contributed by atoms with Crippen LogP contribution < -0.4 is 0 Å². The molecule has 0 radical (unpaired) electrons. The molecule has 0 aromatic heterocycles. The van der Waals surface area contributed by atoms with Crippen molar-refractivity contribution in [1.29, 1.82) is 0 Å². The van der Waals surface area contributed by atoms with Gasteiger partial charge in [0.2, 0.25) is 0 Å². The predicted octanol–water partition coefficient (Wildman–Crippen LogP) is 3.47. The lowest BCUT2D eigenvalue weighted by Gasteiger charge is -2.65. The van der Waals surface area contributed by atoms with Crippen LogP contribution >= 0.6 is 0 Å². The topological polar surface area (TPSA) is 0 Å². The molecule has 0 aromatic rings. The Morgan fingerprint density at radius 1 is 1.27 bits per heavy atom. The second-order valence-corrected chi connectivity index (χ2v) is 4.75. The van der Waals surface area contributed by atoms with Crippen LogP contribution in [0.3, 0.4) is 0 Å². The van der Waals surface area contributed by atoms with E-state index in [1.54, 1.807) is 0 Å². The molecule has 3 unspecified atom stereocenters. The first-order valence-corrected chi connectivity index (χ1v) is 5.22. The SMILES string of the molecule is CCC1C(C)C(C)C12CCC2. The summed E-state index contributed by atoms with van der Waals surface area (Å²) in [5.74, 6) is 3.12. The molecule has 0 aliphatic heterocycles. The minimum atomic E-state index is 0.841. The number of hydrogen-bond donors (Lipinski definition) is 0. The van der Waals surface area contributed by atoms with E-state index in [0.717, 1.165) is 23.2 Å². The molecule has 2 saturated carbocycles. The van der Waals surface area contributed by atoms with Crippen molar-refractivity contribution in [3.63, 3.8) is 0 Å². The van der Waals surface area contributed by atoms with Gasteiger partial charge in [-0.1, -0.05) is 33.6 Å². The maximum absolute atomic E-state index is 2.47. The molecule has 0 aromatic carbocycles. The predicted molar refractivity (Wildman–Crippen MR) is 48.4 cm³/mol. The molecule has 2 aliphatic carbocycles. The van der Waals surface area contributed by atoms with Gasteiger partial charge in [0.25, 0.3) is 0 Å². The van der Waals surface area contributed by atoms with E-state index in [9.17, 15) is 0 Å². The summed E-state index contributed by atoms with van der Waals surface area (Å²) in [5, 5.41) is 0. The Bertz CT molecular complexity index is 155. The van der Waals surface area contributed by atoms with Gasteiger partial charge in [-0.05, 0) is 36.0 Å². The highest BCUT2D eigenvalue weighted by Crippen LogP contribution is 2.66. The van der Waals surface area contributed by atoms with Crippen LogP contribution in [0.4, 0.5) is 0 Å². The molecule has 0 bridgehead atoms. The van der Waals surface area contributed by atoms with Crippen molar-refractivity contribution in [3.8, 4) is 0 Å². The van der Waals surface area contributed by atoms with Gasteiger partial charge in [0, 0.05) is 0 Å². The van der Waals surface area contributed by atoms with Crippen LogP contribution in [0.2, 0.25) is 0 Å². The first kappa shape index (κ1) is 7.64. The van der Waals surface area contributed by atoms with Crippen LogP contribution in [-0.4, -0.2) is 0 Å². The first-order valence-electron chi connectivity index (χ1n) is 5.22. The molecule has 0 heterocycles. The Kier molecular flexibility index (Phi) is 1.56. The normalized spacial score (nSPS) is 46.6. The number of rotatable bonds is 1. The fraction of sp³-hybridized carbons (Fsp3) is 1.00. The summed E-state index contributed by atoms with van der Waals surface area (Å²) in [6, 6.07) is 0. The molecule has 2 rings (SSSR count). The van der Waals surface area contributed by atoms with Gasteiger partial charge in [0.15, 0.2) is 0 Å². The van der Waals surface area contributed by atoms with Crippen LogP contribution in [0.1, 0.15) is 46.5 Å². The summed E-state index contributed by atoms with van der Waals surface area (Å²) in [4.78, 5) is 0. The van der Waals surface area contributed by atoms with Gasteiger partial charge in [0.05, 0.1) is 0 Å². The van der Waals surface area contributed by atoms with E-state index in [1.807, 2.05) is 0 Å². The van der Waals surface area contributed by atoms with Crippen LogP contribution in [0.5, 0.6) is 0 Å². The van der Waals surface area contributed by atoms with Crippen LogP contribution in [-0.2, 0) is 0 Å². The van der Waals surface area contributed by atoms with Gasteiger partial charge >= 0.3 is 0 Å². The Balaban J connectivity index is 2.09. The lowest BCUT2D eigenvalue weighted by Crippen LogP contribution is -2.57. The van der Waals surface area contributed by atoms with Crippen LogP contribution in [0, 0.1) is 23.2 Å². The van der Waals surface area contributed by atoms with Crippen molar-refractivity contribution in [2.75, 3.05) is 0 Å². The number of hydrogen-bond acceptors (Lipinski definition) is 0. The second kappa shape index (κ2) is 2.24. The first-order chi connectivity index (χ1) is 5.22. The summed E-state index contributed by atoms with van der Waals surface area (Å²) in [7, 11) is 0. The van der Waals surface area contributed by atoms with Gasteiger partial charge in [-0.3, -0.25) is 0 Å². The highest BCUT2D eigenvalue weighted by Gasteiger charge is 2.58. The zero-order chi connectivity index (χ0) is 8.06. The van der Waals surface area contributed by atoms with Crippen molar-refractivity contribution < 1.29 is 0 Å². The van der Waals surface area contributed by atoms with E-state index >= 15 is 0 Å². The molecule has 0 N–H and O–H groups in total. The smallest absolute Gasteiger partial charge is 0.0238 e. The standard InChI is InChI=1S/C11H20/c1-4-10-8(2)9(3)11(10)6-5-7-11/h8-10H,4-7H2,1-3H3. The monoisotopic (exact) mass is 152 g/mol. The van der Waals surface area contributed by atoms with Crippen molar-refractivity contribution in [3.05, 3.63) is 0 Å². The van der Waals surface area contributed by atoms with Gasteiger partial charge in [0.1, 0.15) is 0 Å².